The Labute approximate surface area is 182 Å². The maximum absolute atomic E-state index is 13.1. The average Bonchev–Trinajstić information content (AvgIpc) is 3.22. The largest absolute Gasteiger partial charge is 0.485 e. The van der Waals surface area contributed by atoms with E-state index in [0.717, 1.165) is 23.4 Å². The maximum Gasteiger partial charge on any atom is 0.290 e. The molecule has 0 spiro atoms. The molecule has 2 aromatic heterocycles. The summed E-state index contributed by atoms with van der Waals surface area (Å²) in [5, 5.41) is 3.35. The Morgan fingerprint density at radius 3 is 2.90 bits per heavy atom. The Kier molecular flexibility index (Phi) is 7.13. The molecule has 0 saturated carbocycles. The number of benzene rings is 1. The number of carbonyl (C=O) groups excluding carboxylic acids is 1. The van der Waals surface area contributed by atoms with E-state index in [1.54, 1.807) is 18.3 Å². The van der Waals surface area contributed by atoms with Crippen LogP contribution in [0.2, 0.25) is 0 Å². The normalized spacial score (nSPS) is 16.1. The van der Waals surface area contributed by atoms with Gasteiger partial charge in [-0.2, -0.15) is 0 Å². The lowest BCUT2D eigenvalue weighted by Crippen LogP contribution is -2.48. The van der Waals surface area contributed by atoms with Crippen LogP contribution in [0, 0.1) is 13.8 Å². The lowest BCUT2D eigenvalue weighted by molar-refractivity contribution is 0.0597. The van der Waals surface area contributed by atoms with Crippen molar-refractivity contribution < 1.29 is 13.9 Å². The lowest BCUT2D eigenvalue weighted by atomic mass is 10.1. The Balaban J connectivity index is 0.00000256. The van der Waals surface area contributed by atoms with Crippen molar-refractivity contribution in [3.05, 3.63) is 83.1 Å². The molecule has 0 aliphatic carbocycles. The van der Waals surface area contributed by atoms with Gasteiger partial charge < -0.3 is 19.4 Å². The zero-order valence-corrected chi connectivity index (χ0v) is 17.9. The number of piperazine rings is 1. The zero-order valence-electron chi connectivity index (χ0n) is 17.1. The number of carbonyl (C=O) groups is 1. The first-order valence-electron chi connectivity index (χ1n) is 9.82. The van der Waals surface area contributed by atoms with Crippen molar-refractivity contribution in [3.63, 3.8) is 0 Å². The fourth-order valence-electron chi connectivity index (χ4n) is 3.64. The number of rotatable bonds is 5. The topological polar surface area (TPSA) is 67.6 Å². The van der Waals surface area contributed by atoms with E-state index < -0.39 is 0 Å². The van der Waals surface area contributed by atoms with Crippen LogP contribution in [0.5, 0.6) is 5.75 Å². The molecule has 1 aliphatic heterocycles. The van der Waals surface area contributed by atoms with Gasteiger partial charge in [-0.15, -0.1) is 12.4 Å². The number of aromatic nitrogens is 1. The number of aryl methyl sites for hydroxylation is 2. The van der Waals surface area contributed by atoms with Crippen molar-refractivity contribution in [1.29, 1.82) is 0 Å². The van der Waals surface area contributed by atoms with Crippen molar-refractivity contribution in [2.24, 2.45) is 0 Å². The molecule has 1 aliphatic rings. The van der Waals surface area contributed by atoms with Crippen LogP contribution in [0.3, 0.4) is 0 Å². The molecule has 4 rings (SSSR count). The molecule has 0 bridgehead atoms. The van der Waals surface area contributed by atoms with Crippen LogP contribution in [0.1, 0.15) is 39.0 Å². The van der Waals surface area contributed by atoms with Gasteiger partial charge in [-0.25, -0.2) is 0 Å². The quantitative estimate of drug-likeness (QED) is 0.664. The third-order valence-electron chi connectivity index (χ3n) is 5.15. The summed E-state index contributed by atoms with van der Waals surface area (Å²) < 4.78 is 11.7. The van der Waals surface area contributed by atoms with Gasteiger partial charge in [0.2, 0.25) is 0 Å². The predicted octanol–water partition coefficient (Wildman–Crippen LogP) is 4.08. The van der Waals surface area contributed by atoms with Gasteiger partial charge in [0.05, 0.1) is 6.04 Å². The minimum absolute atomic E-state index is 0. The van der Waals surface area contributed by atoms with Crippen LogP contribution in [0.25, 0.3) is 0 Å². The van der Waals surface area contributed by atoms with E-state index in [-0.39, 0.29) is 31.0 Å². The number of amides is 1. The first-order chi connectivity index (χ1) is 14.1. The summed E-state index contributed by atoms with van der Waals surface area (Å²) in [6, 6.07) is 13.4. The van der Waals surface area contributed by atoms with E-state index in [1.165, 1.54) is 5.56 Å². The van der Waals surface area contributed by atoms with E-state index in [1.807, 2.05) is 42.3 Å². The van der Waals surface area contributed by atoms with Crippen molar-refractivity contribution in [1.82, 2.24) is 15.2 Å². The smallest absolute Gasteiger partial charge is 0.290 e. The molecule has 7 heteroatoms. The van der Waals surface area contributed by atoms with Gasteiger partial charge in [-0.1, -0.05) is 23.8 Å². The number of pyridine rings is 1. The third kappa shape index (κ3) is 4.83. The number of nitrogens with one attached hydrogen (secondary N) is 1. The third-order valence-corrected chi connectivity index (χ3v) is 5.15. The Morgan fingerprint density at radius 2 is 2.13 bits per heavy atom. The van der Waals surface area contributed by atoms with E-state index in [2.05, 4.69) is 23.3 Å². The molecule has 1 aromatic carbocycles. The first kappa shape index (κ1) is 21.9. The van der Waals surface area contributed by atoms with Crippen molar-refractivity contribution in [2.45, 2.75) is 26.5 Å². The van der Waals surface area contributed by atoms with Crippen molar-refractivity contribution in [3.8, 4) is 5.75 Å². The average molecular weight is 428 g/mol. The lowest BCUT2D eigenvalue weighted by Gasteiger charge is -2.35. The highest BCUT2D eigenvalue weighted by Gasteiger charge is 2.30. The molecular formula is C23H26ClN3O3. The van der Waals surface area contributed by atoms with Crippen molar-refractivity contribution in [2.75, 3.05) is 19.6 Å². The predicted molar refractivity (Wildman–Crippen MR) is 117 cm³/mol. The highest BCUT2D eigenvalue weighted by atomic mass is 35.5. The van der Waals surface area contributed by atoms with Crippen LogP contribution < -0.4 is 10.1 Å². The number of ether oxygens (including phenoxy) is 1. The zero-order chi connectivity index (χ0) is 20.2. The summed E-state index contributed by atoms with van der Waals surface area (Å²) >= 11 is 0. The molecule has 3 aromatic rings. The monoisotopic (exact) mass is 427 g/mol. The van der Waals surface area contributed by atoms with E-state index in [9.17, 15) is 4.79 Å². The van der Waals surface area contributed by atoms with Gasteiger partial charge >= 0.3 is 0 Å². The number of hydrogen-bond donors (Lipinski definition) is 1. The minimum Gasteiger partial charge on any atom is -0.485 e. The van der Waals surface area contributed by atoms with Gasteiger partial charge in [0.15, 0.2) is 5.76 Å². The van der Waals surface area contributed by atoms with Crippen LogP contribution >= 0.6 is 12.4 Å². The fourth-order valence-corrected chi connectivity index (χ4v) is 3.64. The standard InChI is InChI=1S/C23H25N3O3.ClH/c1-16-5-7-21(17(2)12-16)28-15-19-6-8-22(29-19)23(27)26-11-10-25-14-20(26)18-4-3-9-24-13-18;/h3-9,12-13,20,25H,10-11,14-15H2,1-2H3;1H. The highest BCUT2D eigenvalue weighted by molar-refractivity contribution is 5.92. The molecule has 1 fully saturated rings. The number of nitrogens with zero attached hydrogens (tertiary/aromatic N) is 2. The molecule has 1 unspecified atom stereocenters. The van der Waals surface area contributed by atoms with Gasteiger partial charge in [0.1, 0.15) is 18.1 Å². The van der Waals surface area contributed by atoms with E-state index in [0.29, 0.717) is 24.6 Å². The molecule has 1 atom stereocenters. The van der Waals surface area contributed by atoms with Gasteiger partial charge in [-0.05, 0) is 49.2 Å². The molecule has 30 heavy (non-hydrogen) atoms. The second kappa shape index (κ2) is 9.78. The van der Waals surface area contributed by atoms with Crippen LogP contribution in [0.15, 0.2) is 59.3 Å². The molecule has 158 valence electrons. The summed E-state index contributed by atoms with van der Waals surface area (Å²) in [7, 11) is 0. The summed E-state index contributed by atoms with van der Waals surface area (Å²) in [5.74, 6) is 1.66. The van der Waals surface area contributed by atoms with Gasteiger partial charge in [0.25, 0.3) is 5.91 Å². The number of halogens is 1. The van der Waals surface area contributed by atoms with E-state index >= 15 is 0 Å². The summed E-state index contributed by atoms with van der Waals surface area (Å²) in [4.78, 5) is 19.1. The SMILES string of the molecule is Cc1ccc(OCc2ccc(C(=O)N3CCNCC3c3cccnc3)o2)c(C)c1.Cl. The molecule has 6 nitrogen and oxygen atoms in total. The Morgan fingerprint density at radius 1 is 1.27 bits per heavy atom. The Bertz CT molecular complexity index is 990. The molecule has 0 radical (unpaired) electrons. The minimum atomic E-state index is -0.113. The number of furan rings is 1. The van der Waals surface area contributed by atoms with Gasteiger partial charge in [0, 0.05) is 32.0 Å². The molecule has 1 N–H and O–H groups in total. The Hall–Kier alpha value is -2.83. The molecule has 1 saturated heterocycles. The summed E-state index contributed by atoms with van der Waals surface area (Å²) in [6.07, 6.45) is 3.55. The van der Waals surface area contributed by atoms with Crippen molar-refractivity contribution >= 4 is 18.3 Å². The number of hydrogen-bond acceptors (Lipinski definition) is 5. The van der Waals surface area contributed by atoms with Crippen LogP contribution in [-0.2, 0) is 6.61 Å². The van der Waals surface area contributed by atoms with Crippen LogP contribution in [-0.4, -0.2) is 35.4 Å². The van der Waals surface area contributed by atoms with E-state index in [4.69, 9.17) is 9.15 Å². The van der Waals surface area contributed by atoms with Crippen LogP contribution in [0.4, 0.5) is 0 Å². The fraction of sp³-hybridized carbons (Fsp3) is 0.304. The molecular weight excluding hydrogens is 402 g/mol. The maximum atomic E-state index is 13.1. The first-order valence-corrected chi connectivity index (χ1v) is 9.82. The summed E-state index contributed by atoms with van der Waals surface area (Å²) in [6.45, 7) is 6.42. The van der Waals surface area contributed by atoms with Gasteiger partial charge in [-0.3, -0.25) is 9.78 Å². The highest BCUT2D eigenvalue weighted by Crippen LogP contribution is 2.25. The second-order valence-electron chi connectivity index (χ2n) is 7.33. The molecule has 1 amide bonds. The molecule has 3 heterocycles. The summed E-state index contributed by atoms with van der Waals surface area (Å²) in [5.41, 5.74) is 3.28. The second-order valence-corrected chi connectivity index (χ2v) is 7.33.